The highest BCUT2D eigenvalue weighted by atomic mass is 79.9. The van der Waals surface area contributed by atoms with Crippen LogP contribution in [0.1, 0.15) is 39.8 Å². The van der Waals surface area contributed by atoms with Gasteiger partial charge in [-0.2, -0.15) is 0 Å². The second-order valence-corrected chi connectivity index (χ2v) is 8.93. The molecule has 4 heterocycles. The SMILES string of the molecule is CC(C)n1c(Br)nc2cnc(Cl)cc21.CC(C)n1c(Cl)nc2cnc(Br)cc21. The second-order valence-electron chi connectivity index (χ2n) is 6.68. The lowest BCUT2D eigenvalue weighted by Crippen LogP contribution is -2.00. The molecule has 0 N–H and O–H groups in total. The summed E-state index contributed by atoms with van der Waals surface area (Å²) >= 11 is 18.6. The molecule has 0 fully saturated rings. The highest BCUT2D eigenvalue weighted by Gasteiger charge is 2.12. The fourth-order valence-electron chi connectivity index (χ4n) is 2.87. The van der Waals surface area contributed by atoms with Crippen molar-refractivity contribution in [3.05, 3.63) is 44.3 Å². The van der Waals surface area contributed by atoms with Gasteiger partial charge in [0.1, 0.15) is 20.8 Å². The van der Waals surface area contributed by atoms with E-state index < -0.39 is 0 Å². The van der Waals surface area contributed by atoms with Crippen molar-refractivity contribution in [1.29, 1.82) is 0 Å². The van der Waals surface area contributed by atoms with E-state index in [1.807, 2.05) is 16.7 Å². The molecule has 0 aromatic carbocycles. The fourth-order valence-corrected chi connectivity index (χ4v) is 4.51. The third kappa shape index (κ3) is 4.35. The fraction of sp³-hybridized carbons (Fsp3) is 0.333. The van der Waals surface area contributed by atoms with E-state index in [9.17, 15) is 0 Å². The van der Waals surface area contributed by atoms with Crippen LogP contribution in [0.2, 0.25) is 10.4 Å². The monoisotopic (exact) mass is 546 g/mol. The average molecular weight is 549 g/mol. The van der Waals surface area contributed by atoms with Crippen LogP contribution in [0.4, 0.5) is 0 Å². The first-order valence-corrected chi connectivity index (χ1v) is 10.9. The van der Waals surface area contributed by atoms with Crippen molar-refractivity contribution in [1.82, 2.24) is 29.1 Å². The van der Waals surface area contributed by atoms with Gasteiger partial charge in [0.05, 0.1) is 23.4 Å². The van der Waals surface area contributed by atoms with Gasteiger partial charge in [0, 0.05) is 18.2 Å². The molecule has 4 aromatic rings. The maximum atomic E-state index is 6.02. The van der Waals surface area contributed by atoms with Gasteiger partial charge in [0.25, 0.3) is 0 Å². The first kappa shape index (κ1) is 21.5. The summed E-state index contributed by atoms with van der Waals surface area (Å²) < 4.78 is 5.65. The van der Waals surface area contributed by atoms with E-state index in [1.165, 1.54) is 0 Å². The van der Waals surface area contributed by atoms with Gasteiger partial charge >= 0.3 is 0 Å². The van der Waals surface area contributed by atoms with Crippen LogP contribution in [0.3, 0.4) is 0 Å². The van der Waals surface area contributed by atoms with Crippen molar-refractivity contribution in [2.24, 2.45) is 0 Å². The van der Waals surface area contributed by atoms with Gasteiger partial charge in [-0.15, -0.1) is 0 Å². The summed E-state index contributed by atoms with van der Waals surface area (Å²) in [5, 5.41) is 1.00. The van der Waals surface area contributed by atoms with E-state index in [1.54, 1.807) is 12.4 Å². The van der Waals surface area contributed by atoms with E-state index in [0.29, 0.717) is 22.5 Å². The Morgan fingerprint density at radius 1 is 0.821 bits per heavy atom. The molecule has 10 heteroatoms. The number of pyridine rings is 2. The molecular formula is C18H18Br2Cl2N6. The number of halogens is 4. The summed E-state index contributed by atoms with van der Waals surface area (Å²) in [5.74, 6) is 0. The normalized spacial score (nSPS) is 11.5. The minimum Gasteiger partial charge on any atom is -0.316 e. The lowest BCUT2D eigenvalue weighted by atomic mass is 10.3. The number of hydrogen-bond acceptors (Lipinski definition) is 4. The van der Waals surface area contributed by atoms with Gasteiger partial charge in [0.2, 0.25) is 5.28 Å². The van der Waals surface area contributed by atoms with Gasteiger partial charge < -0.3 is 9.13 Å². The Labute approximate surface area is 189 Å². The van der Waals surface area contributed by atoms with E-state index >= 15 is 0 Å². The summed E-state index contributed by atoms with van der Waals surface area (Å²) in [6.45, 7) is 8.34. The molecule has 0 spiro atoms. The molecular weight excluding hydrogens is 531 g/mol. The molecule has 4 aromatic heterocycles. The van der Waals surface area contributed by atoms with Gasteiger partial charge in [0.15, 0.2) is 4.73 Å². The highest BCUT2D eigenvalue weighted by molar-refractivity contribution is 9.10. The van der Waals surface area contributed by atoms with Crippen molar-refractivity contribution in [3.63, 3.8) is 0 Å². The molecule has 0 bridgehead atoms. The zero-order chi connectivity index (χ0) is 20.6. The van der Waals surface area contributed by atoms with Crippen molar-refractivity contribution in [2.45, 2.75) is 39.8 Å². The zero-order valence-corrected chi connectivity index (χ0v) is 20.3. The van der Waals surface area contributed by atoms with Crippen LogP contribution < -0.4 is 0 Å². The maximum Gasteiger partial charge on any atom is 0.204 e. The van der Waals surface area contributed by atoms with Crippen LogP contribution in [0, 0.1) is 0 Å². The number of hydrogen-bond donors (Lipinski definition) is 0. The molecule has 0 amide bonds. The smallest absolute Gasteiger partial charge is 0.204 e. The number of fused-ring (bicyclic) bond motifs is 2. The standard InChI is InChI=1S/2C9H9BrClN3/c1-5(2)14-7-3-8(11)12-4-6(7)13-9(14)10;1-5(2)14-7-3-8(10)12-4-6(7)13-9(14)11/h2*3-5H,1-2H3. The first-order valence-electron chi connectivity index (χ1n) is 8.57. The molecule has 28 heavy (non-hydrogen) atoms. The van der Waals surface area contributed by atoms with Crippen LogP contribution in [-0.2, 0) is 0 Å². The van der Waals surface area contributed by atoms with E-state index in [0.717, 1.165) is 31.4 Å². The molecule has 6 nitrogen and oxygen atoms in total. The van der Waals surface area contributed by atoms with E-state index in [4.69, 9.17) is 23.2 Å². The third-order valence-corrected chi connectivity index (χ3v) is 5.50. The average Bonchev–Trinajstić information content (AvgIpc) is 3.09. The van der Waals surface area contributed by atoms with Crippen molar-refractivity contribution >= 4 is 77.1 Å². The summed E-state index contributed by atoms with van der Waals surface area (Å²) in [7, 11) is 0. The Morgan fingerprint density at radius 2 is 1.39 bits per heavy atom. The predicted molar refractivity (Wildman–Crippen MR) is 121 cm³/mol. The molecule has 4 rings (SSSR count). The molecule has 148 valence electrons. The maximum absolute atomic E-state index is 6.02. The molecule has 0 unspecified atom stereocenters. The minimum absolute atomic E-state index is 0.293. The summed E-state index contributed by atoms with van der Waals surface area (Å²) in [4.78, 5) is 16.6. The van der Waals surface area contributed by atoms with E-state index in [2.05, 4.69) is 84.1 Å². The van der Waals surface area contributed by atoms with Crippen LogP contribution in [0.15, 0.2) is 33.9 Å². The third-order valence-electron chi connectivity index (χ3n) is 4.03. The summed E-state index contributed by atoms with van der Waals surface area (Å²) in [6.07, 6.45) is 3.39. The van der Waals surface area contributed by atoms with Gasteiger partial charge in [-0.05, 0) is 77.2 Å². The second kappa shape index (κ2) is 8.65. The quantitative estimate of drug-likeness (QED) is 0.257. The molecule has 0 saturated carbocycles. The largest absolute Gasteiger partial charge is 0.316 e. The molecule has 0 atom stereocenters. The number of imidazole rings is 2. The topological polar surface area (TPSA) is 61.4 Å². The van der Waals surface area contributed by atoms with E-state index in [-0.39, 0.29) is 0 Å². The molecule has 0 radical (unpaired) electrons. The van der Waals surface area contributed by atoms with Gasteiger partial charge in [-0.3, -0.25) is 0 Å². The predicted octanol–water partition coefficient (Wildman–Crippen LogP) is 6.86. The van der Waals surface area contributed by atoms with Gasteiger partial charge in [-0.25, -0.2) is 19.9 Å². The van der Waals surface area contributed by atoms with Crippen molar-refractivity contribution < 1.29 is 0 Å². The lowest BCUT2D eigenvalue weighted by Gasteiger charge is -2.09. The number of aromatic nitrogens is 6. The van der Waals surface area contributed by atoms with Crippen LogP contribution in [0.25, 0.3) is 22.1 Å². The minimum atomic E-state index is 0.293. The number of nitrogens with zero attached hydrogens (tertiary/aromatic N) is 6. The highest BCUT2D eigenvalue weighted by Crippen LogP contribution is 2.26. The Balaban J connectivity index is 0.000000161. The molecule has 0 saturated heterocycles. The Hall–Kier alpha value is -1.22. The zero-order valence-electron chi connectivity index (χ0n) is 15.7. The Morgan fingerprint density at radius 3 is 2.04 bits per heavy atom. The Bertz CT molecular complexity index is 1050. The van der Waals surface area contributed by atoms with Crippen molar-refractivity contribution in [2.75, 3.05) is 0 Å². The molecule has 0 aliphatic carbocycles. The van der Waals surface area contributed by atoms with Crippen molar-refractivity contribution in [3.8, 4) is 0 Å². The van der Waals surface area contributed by atoms with Crippen LogP contribution >= 0.6 is 55.1 Å². The van der Waals surface area contributed by atoms with Gasteiger partial charge in [-0.1, -0.05) is 11.6 Å². The summed E-state index contributed by atoms with van der Waals surface area (Å²) in [5.41, 5.74) is 3.70. The van der Waals surface area contributed by atoms with Crippen LogP contribution in [0.5, 0.6) is 0 Å². The summed E-state index contributed by atoms with van der Waals surface area (Å²) in [6, 6.07) is 4.39. The Kier molecular flexibility index (Phi) is 6.64. The molecule has 0 aliphatic rings. The number of rotatable bonds is 2. The lowest BCUT2D eigenvalue weighted by molar-refractivity contribution is 0.604. The molecule has 0 aliphatic heterocycles. The first-order chi connectivity index (χ1) is 13.2. The van der Waals surface area contributed by atoms with Crippen LogP contribution in [-0.4, -0.2) is 29.1 Å².